The van der Waals surface area contributed by atoms with Crippen LogP contribution in [0.2, 0.25) is 0 Å². The number of rotatable bonds is 3. The van der Waals surface area contributed by atoms with Gasteiger partial charge in [0.1, 0.15) is 29.2 Å². The standard InChI is InChI=1S/C13H11ClN2O3/c14-8-13(17)16-10(12-4-2-6-19-12)7-9(15-16)11-3-1-5-18-11/h1-6,10H,7-8H2/t10-/m1/s1. The van der Waals surface area contributed by atoms with Gasteiger partial charge < -0.3 is 8.83 Å². The van der Waals surface area contributed by atoms with Crippen LogP contribution in [0.3, 0.4) is 0 Å². The van der Waals surface area contributed by atoms with Crippen molar-refractivity contribution >= 4 is 23.2 Å². The van der Waals surface area contributed by atoms with Gasteiger partial charge in [0.2, 0.25) is 0 Å². The normalized spacial score (nSPS) is 18.7. The summed E-state index contributed by atoms with van der Waals surface area (Å²) in [7, 11) is 0. The lowest BCUT2D eigenvalue weighted by atomic mass is 10.1. The number of furan rings is 2. The van der Waals surface area contributed by atoms with Crippen molar-refractivity contribution in [1.29, 1.82) is 0 Å². The van der Waals surface area contributed by atoms with Crippen molar-refractivity contribution in [3.63, 3.8) is 0 Å². The molecular weight excluding hydrogens is 268 g/mol. The van der Waals surface area contributed by atoms with E-state index in [1.165, 1.54) is 5.01 Å². The van der Waals surface area contributed by atoms with Crippen molar-refractivity contribution < 1.29 is 13.6 Å². The molecule has 0 aliphatic carbocycles. The fourth-order valence-electron chi connectivity index (χ4n) is 2.10. The van der Waals surface area contributed by atoms with E-state index in [0.29, 0.717) is 23.7 Å². The SMILES string of the molecule is O=C(CCl)N1N=C(c2ccco2)C[C@@H]1c1ccco1. The zero-order valence-electron chi connectivity index (χ0n) is 9.95. The number of carbonyl (C=O) groups excluding carboxylic acids is 1. The Bertz CT molecular complexity index is 589. The fraction of sp³-hybridized carbons (Fsp3) is 0.231. The maximum Gasteiger partial charge on any atom is 0.258 e. The minimum atomic E-state index is -0.263. The van der Waals surface area contributed by atoms with Gasteiger partial charge in [0.25, 0.3) is 5.91 Å². The second kappa shape index (κ2) is 4.93. The fourth-order valence-corrected chi connectivity index (χ4v) is 2.22. The monoisotopic (exact) mass is 278 g/mol. The molecule has 0 radical (unpaired) electrons. The molecule has 0 aromatic carbocycles. The van der Waals surface area contributed by atoms with Crippen LogP contribution < -0.4 is 0 Å². The molecule has 19 heavy (non-hydrogen) atoms. The third-order valence-electron chi connectivity index (χ3n) is 2.96. The molecule has 3 heterocycles. The maximum absolute atomic E-state index is 11.8. The van der Waals surface area contributed by atoms with E-state index < -0.39 is 0 Å². The van der Waals surface area contributed by atoms with Gasteiger partial charge in [-0.25, -0.2) is 5.01 Å². The molecule has 1 amide bonds. The zero-order valence-corrected chi connectivity index (χ0v) is 10.7. The van der Waals surface area contributed by atoms with Gasteiger partial charge in [0.15, 0.2) is 0 Å². The van der Waals surface area contributed by atoms with Gasteiger partial charge in [0.05, 0.1) is 12.5 Å². The van der Waals surface area contributed by atoms with Crippen LogP contribution in [0.15, 0.2) is 50.7 Å². The number of nitrogens with zero attached hydrogens (tertiary/aromatic N) is 2. The first kappa shape index (κ1) is 12.0. The molecule has 98 valence electrons. The second-order valence-electron chi connectivity index (χ2n) is 4.13. The van der Waals surface area contributed by atoms with Crippen molar-refractivity contribution in [2.45, 2.75) is 12.5 Å². The van der Waals surface area contributed by atoms with E-state index in [1.54, 1.807) is 24.7 Å². The van der Waals surface area contributed by atoms with Gasteiger partial charge in [-0.3, -0.25) is 4.79 Å². The number of alkyl halides is 1. The van der Waals surface area contributed by atoms with E-state index >= 15 is 0 Å². The van der Waals surface area contributed by atoms with Gasteiger partial charge >= 0.3 is 0 Å². The Labute approximate surface area is 114 Å². The zero-order chi connectivity index (χ0) is 13.2. The van der Waals surface area contributed by atoms with Crippen molar-refractivity contribution in [1.82, 2.24) is 5.01 Å². The molecule has 6 heteroatoms. The van der Waals surface area contributed by atoms with Gasteiger partial charge in [-0.15, -0.1) is 11.6 Å². The Morgan fingerprint density at radius 2 is 2.16 bits per heavy atom. The highest BCUT2D eigenvalue weighted by molar-refractivity contribution is 6.27. The molecule has 1 aliphatic heterocycles. The van der Waals surface area contributed by atoms with Crippen LogP contribution in [0.25, 0.3) is 0 Å². The lowest BCUT2D eigenvalue weighted by molar-refractivity contribution is -0.130. The molecule has 0 spiro atoms. The number of amides is 1. The van der Waals surface area contributed by atoms with Crippen LogP contribution in [-0.4, -0.2) is 22.5 Å². The summed E-state index contributed by atoms with van der Waals surface area (Å²) < 4.78 is 10.7. The number of carbonyl (C=O) groups is 1. The summed E-state index contributed by atoms with van der Waals surface area (Å²) in [5.74, 6) is 0.960. The first-order chi connectivity index (χ1) is 9.29. The molecule has 0 N–H and O–H groups in total. The third-order valence-corrected chi connectivity index (χ3v) is 3.19. The van der Waals surface area contributed by atoms with Crippen molar-refractivity contribution in [3.05, 3.63) is 48.3 Å². The Balaban J connectivity index is 1.93. The molecule has 1 aliphatic rings. The van der Waals surface area contributed by atoms with E-state index in [9.17, 15) is 4.79 Å². The molecule has 0 bridgehead atoms. The number of hydrazone groups is 1. The predicted molar refractivity (Wildman–Crippen MR) is 68.9 cm³/mol. The molecule has 5 nitrogen and oxygen atoms in total. The molecule has 2 aromatic rings. The van der Waals surface area contributed by atoms with Crippen LogP contribution in [0.4, 0.5) is 0 Å². The third kappa shape index (κ3) is 2.17. The highest BCUT2D eigenvalue weighted by Crippen LogP contribution is 2.33. The van der Waals surface area contributed by atoms with Crippen LogP contribution in [0.1, 0.15) is 24.0 Å². The minimum Gasteiger partial charge on any atom is -0.467 e. The number of halogens is 1. The van der Waals surface area contributed by atoms with E-state index in [2.05, 4.69) is 5.10 Å². The summed E-state index contributed by atoms with van der Waals surface area (Å²) in [5.41, 5.74) is 0.713. The van der Waals surface area contributed by atoms with Crippen molar-refractivity contribution in [2.24, 2.45) is 5.10 Å². The summed E-state index contributed by atoms with van der Waals surface area (Å²) in [6, 6.07) is 6.93. The lowest BCUT2D eigenvalue weighted by Crippen LogP contribution is -2.27. The van der Waals surface area contributed by atoms with E-state index in [4.69, 9.17) is 20.4 Å². The average molecular weight is 279 g/mol. The summed E-state index contributed by atoms with van der Waals surface area (Å²) in [5, 5.41) is 5.67. The Hall–Kier alpha value is -2.01. The maximum atomic E-state index is 11.8. The molecule has 1 atom stereocenters. The van der Waals surface area contributed by atoms with Crippen molar-refractivity contribution in [2.75, 3.05) is 5.88 Å². The highest BCUT2D eigenvalue weighted by atomic mass is 35.5. The lowest BCUT2D eigenvalue weighted by Gasteiger charge is -2.18. The van der Waals surface area contributed by atoms with Gasteiger partial charge in [-0.1, -0.05) is 0 Å². The Morgan fingerprint density at radius 3 is 2.79 bits per heavy atom. The van der Waals surface area contributed by atoms with Crippen LogP contribution in [0, 0.1) is 0 Å². The van der Waals surface area contributed by atoms with Crippen LogP contribution in [0.5, 0.6) is 0 Å². The number of hydrogen-bond donors (Lipinski definition) is 0. The molecule has 0 saturated heterocycles. The first-order valence-corrected chi connectivity index (χ1v) is 6.36. The van der Waals surface area contributed by atoms with E-state index in [-0.39, 0.29) is 17.8 Å². The molecular formula is C13H11ClN2O3. The van der Waals surface area contributed by atoms with Gasteiger partial charge in [-0.05, 0) is 24.3 Å². The van der Waals surface area contributed by atoms with E-state index in [1.807, 2.05) is 12.1 Å². The average Bonchev–Trinajstić information content (AvgIpc) is 3.14. The first-order valence-electron chi connectivity index (χ1n) is 5.82. The topological polar surface area (TPSA) is 59.0 Å². The molecule has 3 rings (SSSR count). The molecule has 0 saturated carbocycles. The Kier molecular flexibility index (Phi) is 3.13. The Morgan fingerprint density at radius 1 is 1.37 bits per heavy atom. The number of hydrogen-bond acceptors (Lipinski definition) is 4. The van der Waals surface area contributed by atoms with Crippen molar-refractivity contribution in [3.8, 4) is 0 Å². The minimum absolute atomic E-state index is 0.119. The summed E-state index contributed by atoms with van der Waals surface area (Å²) >= 11 is 5.62. The summed E-state index contributed by atoms with van der Waals surface area (Å²) in [6.07, 6.45) is 3.69. The molecule has 0 unspecified atom stereocenters. The smallest absolute Gasteiger partial charge is 0.258 e. The highest BCUT2D eigenvalue weighted by Gasteiger charge is 2.35. The predicted octanol–water partition coefficient (Wildman–Crippen LogP) is 2.79. The van der Waals surface area contributed by atoms with Crippen LogP contribution in [-0.2, 0) is 4.79 Å². The van der Waals surface area contributed by atoms with Crippen LogP contribution >= 0.6 is 11.6 Å². The van der Waals surface area contributed by atoms with Gasteiger partial charge in [-0.2, -0.15) is 5.10 Å². The van der Waals surface area contributed by atoms with Gasteiger partial charge in [0, 0.05) is 6.42 Å². The quantitative estimate of drug-likeness (QED) is 0.811. The molecule has 0 fully saturated rings. The second-order valence-corrected chi connectivity index (χ2v) is 4.40. The largest absolute Gasteiger partial charge is 0.467 e. The molecule has 2 aromatic heterocycles. The van der Waals surface area contributed by atoms with E-state index in [0.717, 1.165) is 0 Å². The summed E-state index contributed by atoms with van der Waals surface area (Å²) in [6.45, 7) is 0. The summed E-state index contributed by atoms with van der Waals surface area (Å²) in [4.78, 5) is 11.8.